The molecule has 17 heteroatoms. The quantitative estimate of drug-likeness (QED) is 0.0823. The van der Waals surface area contributed by atoms with Crippen LogP contribution in [0.15, 0.2) is 36.4 Å². The van der Waals surface area contributed by atoms with E-state index in [-0.39, 0.29) is 66.2 Å². The average Bonchev–Trinajstić information content (AvgIpc) is 3.49. The summed E-state index contributed by atoms with van der Waals surface area (Å²) < 4.78 is 15.5. The van der Waals surface area contributed by atoms with E-state index in [9.17, 15) is 34.6 Å². The molecule has 45 heavy (non-hydrogen) atoms. The summed E-state index contributed by atoms with van der Waals surface area (Å²) >= 11 is 0. The second kappa shape index (κ2) is 15.4. The first-order chi connectivity index (χ1) is 21.5. The standard InChI is InChI=1S/C28H30N6O11/c1-43-22-15-19(27(36)44-2)13-21(34(41)42)24(22)30-8-3-4-9-31-25-20(33(39)40)12-18(26(29)35)14-23(25)45-11-5-6-17-7-10-32(16-17)28(37)38/h3-4,12-15,17,30-31H,7-11,16H2,1-2H3,(H2,29,35)(H,37,38)/b4-3+. The van der Waals surface area contributed by atoms with Crippen LogP contribution in [0, 0.1) is 38.0 Å². The van der Waals surface area contributed by atoms with Gasteiger partial charge >= 0.3 is 12.1 Å². The molecule has 238 valence electrons. The van der Waals surface area contributed by atoms with E-state index in [1.54, 1.807) is 12.2 Å². The lowest BCUT2D eigenvalue weighted by atomic mass is 10.1. The maximum atomic E-state index is 11.9. The zero-order valence-electron chi connectivity index (χ0n) is 24.2. The molecule has 1 atom stereocenters. The molecule has 3 rings (SSSR count). The number of ether oxygens (including phenoxy) is 3. The summed E-state index contributed by atoms with van der Waals surface area (Å²) in [6.45, 7) is 0.531. The topological polar surface area (TPSA) is 239 Å². The molecule has 1 aliphatic heterocycles. The van der Waals surface area contributed by atoms with E-state index in [1.165, 1.54) is 24.1 Å². The molecule has 1 unspecified atom stereocenters. The van der Waals surface area contributed by atoms with Gasteiger partial charge in [-0.25, -0.2) is 9.59 Å². The van der Waals surface area contributed by atoms with Crippen LogP contribution in [0.3, 0.4) is 0 Å². The number of carboxylic acid groups (broad SMARTS) is 1. The second-order valence-corrected chi connectivity index (χ2v) is 9.37. The number of carbonyl (C=O) groups excluding carboxylic acids is 2. The smallest absolute Gasteiger partial charge is 0.407 e. The average molecular weight is 627 g/mol. The molecular weight excluding hydrogens is 596 g/mol. The summed E-state index contributed by atoms with van der Waals surface area (Å²) in [5, 5.41) is 38.3. The van der Waals surface area contributed by atoms with Crippen LogP contribution in [0.4, 0.5) is 27.5 Å². The van der Waals surface area contributed by atoms with Crippen molar-refractivity contribution in [2.24, 2.45) is 11.7 Å². The number of carbonyl (C=O) groups is 3. The van der Waals surface area contributed by atoms with E-state index in [2.05, 4.69) is 27.2 Å². The fourth-order valence-electron chi connectivity index (χ4n) is 4.34. The first-order valence-electron chi connectivity index (χ1n) is 13.3. The molecule has 0 spiro atoms. The molecule has 1 aliphatic rings. The van der Waals surface area contributed by atoms with Gasteiger partial charge < -0.3 is 40.6 Å². The Kier molecular flexibility index (Phi) is 11.5. The number of nitrogens with zero attached hydrogens (tertiary/aromatic N) is 3. The third-order valence-corrected chi connectivity index (χ3v) is 6.51. The summed E-state index contributed by atoms with van der Waals surface area (Å²) in [7, 11) is 2.43. The molecule has 1 fully saturated rings. The number of anilines is 2. The molecule has 0 aromatic heterocycles. The first-order valence-corrected chi connectivity index (χ1v) is 13.3. The Labute approximate surface area is 256 Å². The lowest BCUT2D eigenvalue weighted by molar-refractivity contribution is -0.384. The lowest BCUT2D eigenvalue weighted by Crippen LogP contribution is -2.26. The minimum absolute atomic E-state index is 0.0236. The van der Waals surface area contributed by atoms with E-state index in [4.69, 9.17) is 20.3 Å². The number of primary amides is 1. The Morgan fingerprint density at radius 2 is 1.60 bits per heavy atom. The Hall–Kier alpha value is -6.05. The molecular formula is C28H30N6O11. The monoisotopic (exact) mass is 626 g/mol. The van der Waals surface area contributed by atoms with Gasteiger partial charge in [-0.1, -0.05) is 24.0 Å². The Morgan fingerprint density at radius 1 is 1.02 bits per heavy atom. The minimum atomic E-state index is -1.03. The molecule has 1 saturated heterocycles. The predicted molar refractivity (Wildman–Crippen MR) is 160 cm³/mol. The first kappa shape index (κ1) is 33.5. The summed E-state index contributed by atoms with van der Waals surface area (Å²) in [6, 6.07) is 4.61. The Morgan fingerprint density at radius 3 is 2.11 bits per heavy atom. The van der Waals surface area contributed by atoms with Crippen LogP contribution in [0.1, 0.15) is 27.1 Å². The number of hydrogen-bond donors (Lipinski definition) is 4. The third-order valence-electron chi connectivity index (χ3n) is 6.51. The molecule has 0 saturated carbocycles. The largest absolute Gasteiger partial charge is 0.494 e. The number of nitro benzene ring substituents is 2. The number of methoxy groups -OCH3 is 2. The van der Waals surface area contributed by atoms with Gasteiger partial charge in [-0.05, 0) is 18.6 Å². The highest BCUT2D eigenvalue weighted by Crippen LogP contribution is 2.37. The maximum absolute atomic E-state index is 11.9. The molecule has 5 N–H and O–H groups in total. The molecule has 0 aliphatic carbocycles. The van der Waals surface area contributed by atoms with Crippen molar-refractivity contribution in [1.29, 1.82) is 0 Å². The number of rotatable bonds is 13. The van der Waals surface area contributed by atoms with Gasteiger partial charge in [0, 0.05) is 49.8 Å². The van der Waals surface area contributed by atoms with Crippen LogP contribution in [0.5, 0.6) is 11.5 Å². The van der Waals surface area contributed by atoms with Crippen molar-refractivity contribution in [2.45, 2.75) is 6.42 Å². The van der Waals surface area contributed by atoms with Crippen LogP contribution >= 0.6 is 0 Å². The van der Waals surface area contributed by atoms with Crippen molar-refractivity contribution in [1.82, 2.24) is 4.90 Å². The summed E-state index contributed by atoms with van der Waals surface area (Å²) in [6.07, 6.45) is 2.70. The van der Waals surface area contributed by atoms with Crippen molar-refractivity contribution < 1.29 is 43.5 Å². The van der Waals surface area contributed by atoms with E-state index in [0.717, 1.165) is 19.2 Å². The predicted octanol–water partition coefficient (Wildman–Crippen LogP) is 2.86. The second-order valence-electron chi connectivity index (χ2n) is 9.37. The molecule has 0 bridgehead atoms. The fraction of sp³-hybridized carbons (Fsp3) is 0.321. The highest BCUT2D eigenvalue weighted by Gasteiger charge is 2.25. The Balaban J connectivity index is 1.73. The highest BCUT2D eigenvalue weighted by atomic mass is 16.6. The van der Waals surface area contributed by atoms with Crippen molar-refractivity contribution in [2.75, 3.05) is 57.6 Å². The van der Waals surface area contributed by atoms with Crippen molar-refractivity contribution in [3.63, 3.8) is 0 Å². The van der Waals surface area contributed by atoms with Crippen molar-refractivity contribution in [3.05, 3.63) is 67.8 Å². The van der Waals surface area contributed by atoms with Gasteiger partial charge in [-0.2, -0.15) is 0 Å². The van der Waals surface area contributed by atoms with Crippen molar-refractivity contribution in [3.8, 4) is 23.3 Å². The summed E-state index contributed by atoms with van der Waals surface area (Å²) in [5.41, 5.74) is 4.22. The van der Waals surface area contributed by atoms with Crippen LogP contribution < -0.4 is 25.8 Å². The van der Waals surface area contributed by atoms with Gasteiger partial charge in [0.25, 0.3) is 11.4 Å². The molecule has 1 heterocycles. The summed E-state index contributed by atoms with van der Waals surface area (Å²) in [4.78, 5) is 58.1. The molecule has 2 aromatic rings. The number of esters is 1. The minimum Gasteiger partial charge on any atom is -0.494 e. The third kappa shape index (κ3) is 8.73. The molecule has 0 radical (unpaired) electrons. The van der Waals surface area contributed by atoms with E-state index in [0.29, 0.717) is 13.0 Å². The molecule has 2 amide bonds. The zero-order valence-corrected chi connectivity index (χ0v) is 24.2. The zero-order chi connectivity index (χ0) is 33.1. The van der Waals surface area contributed by atoms with Gasteiger partial charge in [0.05, 0.1) is 29.6 Å². The van der Waals surface area contributed by atoms with Gasteiger partial charge in [0.15, 0.2) is 17.1 Å². The van der Waals surface area contributed by atoms with Crippen molar-refractivity contribution >= 4 is 40.7 Å². The SMILES string of the molecule is COC(=O)c1cc(OC)c(NC/C=C/CNc2c(OCC#CC3CCN(C(=O)O)C3)cc(C(N)=O)cc2[N+](=O)[O-])c([N+](=O)[O-])c1. The van der Waals surface area contributed by atoms with Gasteiger partial charge in [-0.15, -0.1) is 0 Å². The van der Waals surface area contributed by atoms with Crippen LogP contribution in [-0.4, -0.2) is 84.8 Å². The fourth-order valence-corrected chi connectivity index (χ4v) is 4.34. The normalized spacial score (nSPS) is 13.8. The van der Waals surface area contributed by atoms with Gasteiger partial charge in [0.2, 0.25) is 5.91 Å². The van der Waals surface area contributed by atoms with E-state index >= 15 is 0 Å². The molecule has 17 nitrogen and oxygen atoms in total. The van der Waals surface area contributed by atoms with E-state index < -0.39 is 39.2 Å². The number of likely N-dealkylation sites (tertiary alicyclic amines) is 1. The van der Waals surface area contributed by atoms with Crippen LogP contribution in [0.2, 0.25) is 0 Å². The number of benzene rings is 2. The number of nitrogens with two attached hydrogens (primary N) is 1. The summed E-state index contributed by atoms with van der Waals surface area (Å²) in [5.74, 6) is 3.83. The van der Waals surface area contributed by atoms with Gasteiger partial charge in [0.1, 0.15) is 12.4 Å². The number of hydrogen-bond acceptors (Lipinski definition) is 12. The number of amides is 2. The van der Waals surface area contributed by atoms with Gasteiger partial charge in [-0.3, -0.25) is 25.0 Å². The molecule has 2 aromatic carbocycles. The highest BCUT2D eigenvalue weighted by molar-refractivity contribution is 5.96. The Bertz CT molecular complexity index is 1580. The number of nitro groups is 2. The van der Waals surface area contributed by atoms with E-state index in [1.807, 2.05) is 0 Å². The van der Waals surface area contributed by atoms with Crippen LogP contribution in [0.25, 0.3) is 0 Å². The maximum Gasteiger partial charge on any atom is 0.407 e. The lowest BCUT2D eigenvalue weighted by Gasteiger charge is -2.13. The number of nitrogens with one attached hydrogen (secondary N) is 2. The van der Waals surface area contributed by atoms with Crippen LogP contribution in [-0.2, 0) is 4.74 Å².